The molecule has 126 valence electrons. The van der Waals surface area contributed by atoms with Gasteiger partial charge in [0.15, 0.2) is 6.61 Å². The SMILES string of the molecule is CSCC[C@@H](NC(=O)c1ccc(Cl)cc1Cl)C(=O)OCC(N)=O. The van der Waals surface area contributed by atoms with Gasteiger partial charge in [0.1, 0.15) is 6.04 Å². The van der Waals surface area contributed by atoms with Crippen molar-refractivity contribution in [1.29, 1.82) is 0 Å². The average molecular weight is 379 g/mol. The van der Waals surface area contributed by atoms with E-state index in [9.17, 15) is 14.4 Å². The Labute approximate surface area is 148 Å². The van der Waals surface area contributed by atoms with Gasteiger partial charge < -0.3 is 15.8 Å². The molecular weight excluding hydrogens is 363 g/mol. The zero-order chi connectivity index (χ0) is 17.4. The number of hydrogen-bond donors (Lipinski definition) is 2. The lowest BCUT2D eigenvalue weighted by molar-refractivity contribution is -0.149. The number of esters is 1. The second-order valence-electron chi connectivity index (χ2n) is 4.51. The average Bonchev–Trinajstić information content (AvgIpc) is 2.48. The number of rotatable bonds is 8. The number of halogens is 2. The number of carbonyl (C=O) groups excluding carboxylic acids is 3. The molecule has 1 aromatic rings. The van der Waals surface area contributed by atoms with Crippen molar-refractivity contribution in [2.45, 2.75) is 12.5 Å². The number of hydrogen-bond acceptors (Lipinski definition) is 5. The second-order valence-corrected chi connectivity index (χ2v) is 6.33. The first kappa shape index (κ1) is 19.6. The quantitative estimate of drug-likeness (QED) is 0.672. The summed E-state index contributed by atoms with van der Waals surface area (Å²) in [6.07, 6.45) is 2.21. The van der Waals surface area contributed by atoms with Crippen LogP contribution in [0.15, 0.2) is 18.2 Å². The smallest absolute Gasteiger partial charge is 0.329 e. The highest BCUT2D eigenvalue weighted by molar-refractivity contribution is 7.98. The Morgan fingerprint density at radius 2 is 2.04 bits per heavy atom. The molecule has 0 radical (unpaired) electrons. The van der Waals surface area contributed by atoms with E-state index in [-0.39, 0.29) is 10.6 Å². The molecule has 0 heterocycles. The minimum atomic E-state index is -0.902. The number of carbonyl (C=O) groups is 3. The maximum absolute atomic E-state index is 12.2. The van der Waals surface area contributed by atoms with Crippen molar-refractivity contribution in [3.8, 4) is 0 Å². The van der Waals surface area contributed by atoms with E-state index in [1.54, 1.807) is 0 Å². The number of amides is 2. The van der Waals surface area contributed by atoms with Crippen LogP contribution in [0, 0.1) is 0 Å². The number of ether oxygens (including phenoxy) is 1. The molecule has 0 bridgehead atoms. The zero-order valence-electron chi connectivity index (χ0n) is 12.3. The lowest BCUT2D eigenvalue weighted by Gasteiger charge is -2.17. The van der Waals surface area contributed by atoms with Crippen LogP contribution in [0.25, 0.3) is 0 Å². The van der Waals surface area contributed by atoms with Crippen LogP contribution in [0.5, 0.6) is 0 Å². The van der Waals surface area contributed by atoms with Gasteiger partial charge in [0, 0.05) is 5.02 Å². The van der Waals surface area contributed by atoms with Crippen molar-refractivity contribution in [2.75, 3.05) is 18.6 Å². The van der Waals surface area contributed by atoms with E-state index in [0.717, 1.165) is 0 Å². The Morgan fingerprint density at radius 1 is 1.35 bits per heavy atom. The van der Waals surface area contributed by atoms with Crippen molar-refractivity contribution in [1.82, 2.24) is 5.32 Å². The first-order valence-electron chi connectivity index (χ1n) is 6.55. The van der Waals surface area contributed by atoms with Gasteiger partial charge in [-0.15, -0.1) is 0 Å². The summed E-state index contributed by atoms with van der Waals surface area (Å²) >= 11 is 13.3. The van der Waals surface area contributed by atoms with Crippen LogP contribution in [-0.4, -0.2) is 42.4 Å². The Balaban J connectivity index is 2.80. The molecular formula is C14H16Cl2N2O4S. The van der Waals surface area contributed by atoms with Crippen LogP contribution in [0.4, 0.5) is 0 Å². The minimum absolute atomic E-state index is 0.170. The highest BCUT2D eigenvalue weighted by atomic mass is 35.5. The van der Waals surface area contributed by atoms with E-state index in [2.05, 4.69) is 5.32 Å². The molecule has 1 aromatic carbocycles. The summed E-state index contributed by atoms with van der Waals surface area (Å²) < 4.78 is 4.76. The van der Waals surface area contributed by atoms with Crippen molar-refractivity contribution in [3.63, 3.8) is 0 Å². The van der Waals surface area contributed by atoms with Crippen LogP contribution in [0.3, 0.4) is 0 Å². The maximum atomic E-state index is 12.2. The molecule has 0 aliphatic heterocycles. The van der Waals surface area contributed by atoms with Gasteiger partial charge in [-0.3, -0.25) is 9.59 Å². The molecule has 23 heavy (non-hydrogen) atoms. The fourth-order valence-corrected chi connectivity index (χ4v) is 2.60. The predicted molar refractivity (Wildman–Crippen MR) is 90.9 cm³/mol. The van der Waals surface area contributed by atoms with E-state index in [1.165, 1.54) is 30.0 Å². The van der Waals surface area contributed by atoms with Gasteiger partial charge >= 0.3 is 5.97 Å². The molecule has 0 fully saturated rings. The van der Waals surface area contributed by atoms with Crippen molar-refractivity contribution in [2.24, 2.45) is 5.73 Å². The molecule has 9 heteroatoms. The van der Waals surface area contributed by atoms with Crippen molar-refractivity contribution < 1.29 is 19.1 Å². The Morgan fingerprint density at radius 3 is 2.61 bits per heavy atom. The number of nitrogens with one attached hydrogen (secondary N) is 1. The molecule has 0 saturated carbocycles. The van der Waals surface area contributed by atoms with E-state index < -0.39 is 30.4 Å². The molecule has 2 amide bonds. The van der Waals surface area contributed by atoms with Gasteiger partial charge in [-0.2, -0.15) is 11.8 Å². The van der Waals surface area contributed by atoms with Crippen LogP contribution < -0.4 is 11.1 Å². The van der Waals surface area contributed by atoms with Gasteiger partial charge in [-0.05, 0) is 36.6 Å². The monoisotopic (exact) mass is 378 g/mol. The van der Waals surface area contributed by atoms with Gasteiger partial charge in [0.2, 0.25) is 0 Å². The predicted octanol–water partition coefficient (Wildman–Crippen LogP) is 1.87. The van der Waals surface area contributed by atoms with Crippen LogP contribution in [-0.2, 0) is 14.3 Å². The number of thioether (sulfide) groups is 1. The van der Waals surface area contributed by atoms with E-state index >= 15 is 0 Å². The first-order valence-corrected chi connectivity index (χ1v) is 8.70. The van der Waals surface area contributed by atoms with E-state index in [1.807, 2.05) is 6.26 Å². The largest absolute Gasteiger partial charge is 0.454 e. The second kappa shape index (κ2) is 9.64. The number of benzene rings is 1. The van der Waals surface area contributed by atoms with Gasteiger partial charge in [0.05, 0.1) is 10.6 Å². The summed E-state index contributed by atoms with van der Waals surface area (Å²) in [5.41, 5.74) is 5.12. The molecule has 0 saturated heterocycles. The van der Waals surface area contributed by atoms with Crippen molar-refractivity contribution in [3.05, 3.63) is 33.8 Å². The molecule has 0 aliphatic rings. The summed E-state index contributed by atoms with van der Waals surface area (Å²) in [6.45, 7) is -0.536. The summed E-state index contributed by atoms with van der Waals surface area (Å²) in [5.74, 6) is -1.41. The fourth-order valence-electron chi connectivity index (χ4n) is 1.64. The number of nitrogens with two attached hydrogens (primary N) is 1. The van der Waals surface area contributed by atoms with E-state index in [4.69, 9.17) is 33.7 Å². The third kappa shape index (κ3) is 6.68. The minimum Gasteiger partial charge on any atom is -0.454 e. The molecule has 1 atom stereocenters. The van der Waals surface area contributed by atoms with Gasteiger partial charge in [-0.1, -0.05) is 23.2 Å². The zero-order valence-corrected chi connectivity index (χ0v) is 14.6. The van der Waals surface area contributed by atoms with Crippen LogP contribution in [0.1, 0.15) is 16.8 Å². The van der Waals surface area contributed by atoms with Gasteiger partial charge in [0.25, 0.3) is 11.8 Å². The molecule has 0 aliphatic carbocycles. The third-order valence-electron chi connectivity index (χ3n) is 2.73. The highest BCUT2D eigenvalue weighted by Gasteiger charge is 2.24. The normalized spacial score (nSPS) is 11.6. The Kier molecular flexibility index (Phi) is 8.22. The number of primary amides is 1. The topological polar surface area (TPSA) is 98.5 Å². The van der Waals surface area contributed by atoms with Gasteiger partial charge in [-0.25, -0.2) is 4.79 Å². The molecule has 1 rings (SSSR count). The van der Waals surface area contributed by atoms with E-state index in [0.29, 0.717) is 17.2 Å². The summed E-state index contributed by atoms with van der Waals surface area (Å²) in [4.78, 5) is 34.9. The lowest BCUT2D eigenvalue weighted by atomic mass is 10.1. The maximum Gasteiger partial charge on any atom is 0.329 e. The molecule has 0 unspecified atom stereocenters. The molecule has 0 aromatic heterocycles. The first-order chi connectivity index (χ1) is 10.8. The summed E-state index contributed by atoms with van der Waals surface area (Å²) in [5, 5.41) is 3.11. The lowest BCUT2D eigenvalue weighted by Crippen LogP contribution is -2.43. The van der Waals surface area contributed by atoms with Crippen LogP contribution in [0.2, 0.25) is 10.0 Å². The standard InChI is InChI=1S/C14H16Cl2N2O4S/c1-23-5-4-11(14(21)22-7-12(17)19)18-13(20)9-3-2-8(15)6-10(9)16/h2-3,6,11H,4-5,7H2,1H3,(H2,17,19)(H,18,20)/t11-/m1/s1. The molecule has 0 spiro atoms. The summed E-state index contributed by atoms with van der Waals surface area (Å²) in [6, 6.07) is 3.51. The third-order valence-corrected chi connectivity index (χ3v) is 3.92. The highest BCUT2D eigenvalue weighted by Crippen LogP contribution is 2.21. The Bertz CT molecular complexity index is 598. The van der Waals surface area contributed by atoms with Crippen molar-refractivity contribution >= 4 is 52.7 Å². The molecule has 3 N–H and O–H groups in total. The van der Waals surface area contributed by atoms with Crippen LogP contribution >= 0.6 is 35.0 Å². The Hall–Kier alpha value is -1.44. The summed E-state index contributed by atoms with van der Waals surface area (Å²) in [7, 11) is 0. The fraction of sp³-hybridized carbons (Fsp3) is 0.357. The molecule has 6 nitrogen and oxygen atoms in total.